The summed E-state index contributed by atoms with van der Waals surface area (Å²) in [6.07, 6.45) is 9.18. The number of benzene rings is 1. The molecule has 2 aromatic rings. The maximum absolute atomic E-state index is 14.2. The highest BCUT2D eigenvalue weighted by Crippen LogP contribution is 2.50. The average Bonchev–Trinajstić information content (AvgIpc) is 3.26. The summed E-state index contributed by atoms with van der Waals surface area (Å²) in [6, 6.07) is 10.6. The van der Waals surface area contributed by atoms with Crippen LogP contribution < -0.4 is 9.80 Å². The Morgan fingerprint density at radius 1 is 0.956 bits per heavy atom. The highest BCUT2D eigenvalue weighted by molar-refractivity contribution is 5.95. The Hall–Kier alpha value is -3.44. The van der Waals surface area contributed by atoms with Crippen LogP contribution in [0.2, 0.25) is 0 Å². The van der Waals surface area contributed by atoms with Crippen LogP contribution in [0.15, 0.2) is 42.7 Å². The maximum atomic E-state index is 14.2. The van der Waals surface area contributed by atoms with Crippen molar-refractivity contribution < 1.29 is 19.4 Å². The van der Waals surface area contributed by atoms with Crippen molar-refractivity contribution in [2.45, 2.75) is 88.0 Å². The number of carbonyl (C=O) groups excluding carboxylic acids is 2. The molecule has 3 heterocycles. The molecule has 1 spiro atoms. The monoisotopic (exact) mass is 619 g/mol. The minimum absolute atomic E-state index is 0.0743. The number of anilines is 2. The standard InChI is InChI=1S/C34H49N7O4/c1-31(2,3)45-30(43)39-20-18-38(19-21-39)28-35-22-27(23-36-28)40-24-32(41(29(40)42)25-33(44)12-9-13-33)14-16-34(17-15-32,37(4)5)26-10-7-6-8-11-26/h6-8,10-11,22-23,44H,9,12-21,24-25H2,1-5H3/t32-,34-. The van der Waals surface area contributed by atoms with E-state index in [-0.39, 0.29) is 23.2 Å². The Morgan fingerprint density at radius 2 is 1.58 bits per heavy atom. The fraction of sp³-hybridized carbons (Fsp3) is 0.647. The summed E-state index contributed by atoms with van der Waals surface area (Å²) in [5.41, 5.74) is 0.181. The number of nitrogens with zero attached hydrogens (tertiary/aromatic N) is 7. The third-order valence-electron chi connectivity index (χ3n) is 10.5. The first-order valence-electron chi connectivity index (χ1n) is 16.4. The molecule has 2 saturated heterocycles. The fourth-order valence-corrected chi connectivity index (χ4v) is 7.60. The van der Waals surface area contributed by atoms with E-state index in [4.69, 9.17) is 4.74 Å². The van der Waals surface area contributed by atoms with Crippen molar-refractivity contribution in [1.82, 2.24) is 24.7 Å². The molecule has 4 aliphatic rings. The SMILES string of the molecule is CN(C)[C@]1(c2ccccc2)CC[C@@]2(CC1)CN(c1cnc(N3CCN(C(=O)OC(C)(C)C)CC3)nc1)C(=O)N2CC1(O)CCC1. The van der Waals surface area contributed by atoms with Crippen LogP contribution >= 0.6 is 0 Å². The van der Waals surface area contributed by atoms with Crippen LogP contribution in [-0.4, -0.2) is 112 Å². The Bertz CT molecular complexity index is 1360. The second kappa shape index (κ2) is 11.7. The van der Waals surface area contributed by atoms with Crippen LogP contribution in [0.25, 0.3) is 0 Å². The highest BCUT2D eigenvalue weighted by Gasteiger charge is 2.56. The number of rotatable bonds is 6. The van der Waals surface area contributed by atoms with Crippen molar-refractivity contribution in [2.24, 2.45) is 0 Å². The molecule has 1 N–H and O–H groups in total. The molecule has 11 heteroatoms. The van der Waals surface area contributed by atoms with E-state index in [1.807, 2.05) is 30.6 Å². The van der Waals surface area contributed by atoms with Gasteiger partial charge >= 0.3 is 12.1 Å². The van der Waals surface area contributed by atoms with Gasteiger partial charge in [-0.1, -0.05) is 30.3 Å². The lowest BCUT2D eigenvalue weighted by Gasteiger charge is -2.52. The number of β-amino-alcohol motifs (C(OH)–C–C–N with tert-alkyl or cyclic N) is 1. The first-order chi connectivity index (χ1) is 21.3. The van der Waals surface area contributed by atoms with Crippen LogP contribution in [0.1, 0.15) is 71.3 Å². The molecule has 0 radical (unpaired) electrons. The summed E-state index contributed by atoms with van der Waals surface area (Å²) < 4.78 is 5.52. The summed E-state index contributed by atoms with van der Waals surface area (Å²) in [6.45, 7) is 8.79. The van der Waals surface area contributed by atoms with Gasteiger partial charge in [0, 0.05) is 31.7 Å². The number of carbonyl (C=O) groups is 2. The van der Waals surface area contributed by atoms with E-state index in [2.05, 4.69) is 64.2 Å². The number of ether oxygens (including phenoxy) is 1. The first-order valence-corrected chi connectivity index (χ1v) is 16.4. The smallest absolute Gasteiger partial charge is 0.410 e. The molecule has 0 unspecified atom stereocenters. The summed E-state index contributed by atoms with van der Waals surface area (Å²) >= 11 is 0. The molecule has 2 saturated carbocycles. The molecule has 1 aromatic carbocycles. The van der Waals surface area contributed by atoms with Gasteiger partial charge in [-0.15, -0.1) is 0 Å². The summed E-state index contributed by atoms with van der Waals surface area (Å²) in [5, 5.41) is 11.2. The fourth-order valence-electron chi connectivity index (χ4n) is 7.60. The van der Waals surface area contributed by atoms with Gasteiger partial charge in [0.05, 0.1) is 42.3 Å². The van der Waals surface area contributed by atoms with Gasteiger partial charge in [0.15, 0.2) is 0 Å². The Morgan fingerprint density at radius 3 is 2.11 bits per heavy atom. The van der Waals surface area contributed by atoms with Crippen molar-refractivity contribution in [1.29, 1.82) is 0 Å². The first kappa shape index (κ1) is 31.5. The molecule has 0 atom stereocenters. The molecular formula is C34H49N7O4. The van der Waals surface area contributed by atoms with Gasteiger partial charge in [0.25, 0.3) is 0 Å². The number of aliphatic hydroxyl groups is 1. The average molecular weight is 620 g/mol. The lowest BCUT2D eigenvalue weighted by molar-refractivity contribution is -0.0725. The minimum Gasteiger partial charge on any atom is -0.444 e. The minimum atomic E-state index is -0.810. The van der Waals surface area contributed by atoms with Gasteiger partial charge in [-0.2, -0.15) is 0 Å². The third-order valence-corrected chi connectivity index (χ3v) is 10.5. The molecular weight excluding hydrogens is 570 g/mol. The van der Waals surface area contributed by atoms with Crippen LogP contribution in [0, 0.1) is 0 Å². The van der Waals surface area contributed by atoms with Crippen molar-refractivity contribution in [3.63, 3.8) is 0 Å². The molecule has 4 fully saturated rings. The van der Waals surface area contributed by atoms with E-state index in [1.54, 1.807) is 17.3 Å². The molecule has 45 heavy (non-hydrogen) atoms. The predicted molar refractivity (Wildman–Crippen MR) is 173 cm³/mol. The predicted octanol–water partition coefficient (Wildman–Crippen LogP) is 4.46. The van der Waals surface area contributed by atoms with Gasteiger partial charge in [0.1, 0.15) is 5.60 Å². The highest BCUT2D eigenvalue weighted by atomic mass is 16.6. The van der Waals surface area contributed by atoms with Gasteiger partial charge in [0.2, 0.25) is 5.95 Å². The molecule has 11 nitrogen and oxygen atoms in total. The zero-order chi connectivity index (χ0) is 32.0. The lowest BCUT2D eigenvalue weighted by Crippen LogP contribution is -2.59. The number of urea groups is 1. The van der Waals surface area contributed by atoms with Crippen molar-refractivity contribution in [3.05, 3.63) is 48.3 Å². The van der Waals surface area contributed by atoms with E-state index in [1.165, 1.54) is 5.56 Å². The molecule has 3 amide bonds. The van der Waals surface area contributed by atoms with Crippen molar-refractivity contribution >= 4 is 23.8 Å². The molecule has 1 aromatic heterocycles. The molecule has 0 bridgehead atoms. The van der Waals surface area contributed by atoms with Crippen LogP contribution in [0.3, 0.4) is 0 Å². The second-order valence-corrected chi connectivity index (χ2v) is 14.7. The van der Waals surface area contributed by atoms with Crippen LogP contribution in [-0.2, 0) is 10.3 Å². The van der Waals surface area contributed by atoms with Crippen LogP contribution in [0.5, 0.6) is 0 Å². The van der Waals surface area contributed by atoms with E-state index < -0.39 is 11.2 Å². The Labute approximate surface area is 267 Å². The maximum Gasteiger partial charge on any atom is 0.410 e. The van der Waals surface area contributed by atoms with Crippen LogP contribution in [0.4, 0.5) is 21.2 Å². The lowest BCUT2D eigenvalue weighted by atomic mass is 9.67. The van der Waals surface area contributed by atoms with E-state index >= 15 is 0 Å². The molecule has 2 aliphatic heterocycles. The Balaban J connectivity index is 1.18. The van der Waals surface area contributed by atoms with E-state index in [0.717, 1.165) is 44.9 Å². The van der Waals surface area contributed by atoms with Gasteiger partial charge < -0.3 is 24.5 Å². The van der Waals surface area contributed by atoms with Crippen molar-refractivity contribution in [3.8, 4) is 0 Å². The normalized spacial score (nSPS) is 26.9. The Kier molecular flexibility index (Phi) is 8.22. The number of hydrogen-bond acceptors (Lipinski definition) is 8. The number of piperazine rings is 1. The second-order valence-electron chi connectivity index (χ2n) is 14.7. The third kappa shape index (κ3) is 6.08. The van der Waals surface area contributed by atoms with Gasteiger partial charge in [-0.25, -0.2) is 19.6 Å². The van der Waals surface area contributed by atoms with Crippen molar-refractivity contribution in [2.75, 3.05) is 63.2 Å². The summed E-state index contributed by atoms with van der Waals surface area (Å²) in [7, 11) is 4.31. The number of hydrogen-bond donors (Lipinski definition) is 1. The summed E-state index contributed by atoms with van der Waals surface area (Å²) in [5.74, 6) is 0.584. The zero-order valence-corrected chi connectivity index (χ0v) is 27.5. The molecule has 2 aliphatic carbocycles. The topological polar surface area (TPSA) is 106 Å². The number of amides is 3. The largest absolute Gasteiger partial charge is 0.444 e. The van der Waals surface area contributed by atoms with E-state index in [0.29, 0.717) is 50.9 Å². The zero-order valence-electron chi connectivity index (χ0n) is 27.5. The molecule has 6 rings (SSSR count). The van der Waals surface area contributed by atoms with Gasteiger partial charge in [-0.05, 0) is 85.4 Å². The quantitative estimate of drug-likeness (QED) is 0.506. The number of aromatic nitrogens is 2. The molecule has 244 valence electrons. The van der Waals surface area contributed by atoms with Gasteiger partial charge in [-0.3, -0.25) is 9.80 Å². The summed E-state index contributed by atoms with van der Waals surface area (Å²) in [4.78, 5) is 45.9. The van der Waals surface area contributed by atoms with E-state index in [9.17, 15) is 14.7 Å².